The lowest BCUT2D eigenvalue weighted by Crippen LogP contribution is -2.47. The molecule has 3 heterocycles. The fourth-order valence-electron chi connectivity index (χ4n) is 3.32. The van der Waals surface area contributed by atoms with Gasteiger partial charge in [-0.25, -0.2) is 4.98 Å². The number of hydrogen-bond donors (Lipinski definition) is 1. The predicted octanol–water partition coefficient (Wildman–Crippen LogP) is 1.40. The van der Waals surface area contributed by atoms with Crippen LogP contribution in [0.1, 0.15) is 38.4 Å². The molecule has 5 nitrogen and oxygen atoms in total. The number of fused-ring (bicyclic) bond motifs is 1. The number of ether oxygens (including phenoxy) is 1. The molecule has 0 aliphatic carbocycles. The third-order valence-corrected chi connectivity index (χ3v) is 4.67. The quantitative estimate of drug-likeness (QED) is 0.904. The predicted molar refractivity (Wildman–Crippen MR) is 78.3 cm³/mol. The van der Waals surface area contributed by atoms with Crippen LogP contribution in [0.25, 0.3) is 0 Å². The Bertz CT molecular complexity index is 445. The van der Waals surface area contributed by atoms with Crippen molar-refractivity contribution in [3.63, 3.8) is 0 Å². The van der Waals surface area contributed by atoms with Crippen LogP contribution in [0.5, 0.6) is 0 Å². The van der Waals surface area contributed by atoms with Gasteiger partial charge in [0.05, 0.1) is 31.3 Å². The summed E-state index contributed by atoms with van der Waals surface area (Å²) in [5.41, 5.74) is 7.38. The molecule has 0 aromatic carbocycles. The number of nitrogens with zero attached hydrogens (tertiary/aromatic N) is 3. The van der Waals surface area contributed by atoms with Gasteiger partial charge in [-0.15, -0.1) is 0 Å². The first-order valence-corrected chi connectivity index (χ1v) is 7.76. The highest BCUT2D eigenvalue weighted by atomic mass is 16.5. The maximum absolute atomic E-state index is 6.26. The Morgan fingerprint density at radius 3 is 3.15 bits per heavy atom. The minimum Gasteiger partial charge on any atom is -0.373 e. The molecule has 2 aliphatic rings. The molecule has 1 aromatic heterocycles. The Hall–Kier alpha value is -0.910. The number of nitrogens with two attached hydrogens (primary N) is 1. The second-order valence-electron chi connectivity index (χ2n) is 6.49. The Labute approximate surface area is 121 Å². The van der Waals surface area contributed by atoms with Crippen LogP contribution in [0.3, 0.4) is 0 Å². The largest absolute Gasteiger partial charge is 0.373 e. The van der Waals surface area contributed by atoms with Gasteiger partial charge in [0.1, 0.15) is 0 Å². The summed E-state index contributed by atoms with van der Waals surface area (Å²) in [7, 11) is 0. The van der Waals surface area contributed by atoms with Gasteiger partial charge in [-0.05, 0) is 25.3 Å². The smallest absolute Gasteiger partial charge is 0.0949 e. The van der Waals surface area contributed by atoms with Crippen molar-refractivity contribution in [3.8, 4) is 0 Å². The standard InChI is InChI=1S/C15H26N4O/c1-11(2)15(16)14-6-17-10-19(14)8-13-7-18-5-3-4-12(18)9-20-13/h6,10-13,15H,3-5,7-9,16H2,1-2H3. The SMILES string of the molecule is CC(C)C(N)c1cncn1CC1CN2CCCC2CO1. The van der Waals surface area contributed by atoms with E-state index in [1.54, 1.807) is 0 Å². The first kappa shape index (κ1) is 14.0. The van der Waals surface area contributed by atoms with Gasteiger partial charge >= 0.3 is 0 Å². The van der Waals surface area contributed by atoms with Crippen molar-refractivity contribution in [1.82, 2.24) is 14.5 Å². The van der Waals surface area contributed by atoms with Crippen molar-refractivity contribution >= 4 is 0 Å². The maximum atomic E-state index is 6.26. The molecule has 2 saturated heterocycles. The third-order valence-electron chi connectivity index (χ3n) is 4.67. The van der Waals surface area contributed by atoms with Crippen LogP contribution in [0.15, 0.2) is 12.5 Å². The van der Waals surface area contributed by atoms with Crippen molar-refractivity contribution in [2.45, 2.75) is 51.4 Å². The summed E-state index contributed by atoms with van der Waals surface area (Å²) >= 11 is 0. The summed E-state index contributed by atoms with van der Waals surface area (Å²) in [6.45, 7) is 8.30. The van der Waals surface area contributed by atoms with E-state index in [0.29, 0.717) is 12.0 Å². The first-order valence-electron chi connectivity index (χ1n) is 7.76. The normalized spacial score (nSPS) is 28.8. The van der Waals surface area contributed by atoms with E-state index in [0.717, 1.165) is 25.4 Å². The van der Waals surface area contributed by atoms with Gasteiger partial charge in [0.25, 0.3) is 0 Å². The maximum Gasteiger partial charge on any atom is 0.0949 e. The summed E-state index contributed by atoms with van der Waals surface area (Å²) in [5.74, 6) is 0.417. The average molecular weight is 278 g/mol. The van der Waals surface area contributed by atoms with E-state index in [2.05, 4.69) is 28.3 Å². The molecule has 0 bridgehead atoms. The van der Waals surface area contributed by atoms with Crippen LogP contribution < -0.4 is 5.73 Å². The van der Waals surface area contributed by atoms with E-state index in [9.17, 15) is 0 Å². The summed E-state index contributed by atoms with van der Waals surface area (Å²) in [6, 6.07) is 0.701. The molecule has 0 saturated carbocycles. The number of aromatic nitrogens is 2. The summed E-state index contributed by atoms with van der Waals surface area (Å²) in [4.78, 5) is 6.85. The lowest BCUT2D eigenvalue weighted by atomic mass is 10.0. The molecule has 3 atom stereocenters. The van der Waals surface area contributed by atoms with Crippen molar-refractivity contribution in [2.24, 2.45) is 11.7 Å². The lowest BCUT2D eigenvalue weighted by molar-refractivity contribution is -0.0555. The fourth-order valence-corrected chi connectivity index (χ4v) is 3.32. The minimum absolute atomic E-state index is 0.0422. The van der Waals surface area contributed by atoms with E-state index in [1.165, 1.54) is 19.4 Å². The molecular formula is C15H26N4O. The van der Waals surface area contributed by atoms with Gasteiger partial charge in [-0.1, -0.05) is 13.8 Å². The van der Waals surface area contributed by atoms with E-state index < -0.39 is 0 Å². The molecule has 0 amide bonds. The topological polar surface area (TPSA) is 56.3 Å². The highest BCUT2D eigenvalue weighted by Crippen LogP contribution is 2.24. The Balaban J connectivity index is 1.65. The van der Waals surface area contributed by atoms with Crippen molar-refractivity contribution in [2.75, 3.05) is 19.7 Å². The van der Waals surface area contributed by atoms with Crippen molar-refractivity contribution in [3.05, 3.63) is 18.2 Å². The second-order valence-corrected chi connectivity index (χ2v) is 6.49. The molecule has 112 valence electrons. The molecule has 1 aromatic rings. The monoisotopic (exact) mass is 278 g/mol. The van der Waals surface area contributed by atoms with E-state index in [1.807, 2.05) is 12.5 Å². The number of rotatable bonds is 4. The van der Waals surface area contributed by atoms with Gasteiger partial charge < -0.3 is 15.0 Å². The Morgan fingerprint density at radius 1 is 1.50 bits per heavy atom. The zero-order valence-corrected chi connectivity index (χ0v) is 12.5. The average Bonchev–Trinajstić information content (AvgIpc) is 3.06. The molecule has 5 heteroatoms. The summed E-state index contributed by atoms with van der Waals surface area (Å²) in [6.07, 6.45) is 6.65. The van der Waals surface area contributed by atoms with Crippen molar-refractivity contribution < 1.29 is 4.74 Å². The van der Waals surface area contributed by atoms with Gasteiger partial charge in [0, 0.05) is 24.8 Å². The Morgan fingerprint density at radius 2 is 2.35 bits per heavy atom. The van der Waals surface area contributed by atoms with Crippen LogP contribution in [0.4, 0.5) is 0 Å². The molecule has 2 fully saturated rings. The first-order chi connectivity index (χ1) is 9.65. The Kier molecular flexibility index (Phi) is 4.10. The number of hydrogen-bond acceptors (Lipinski definition) is 4. The third kappa shape index (κ3) is 2.75. The van der Waals surface area contributed by atoms with Gasteiger partial charge in [0.15, 0.2) is 0 Å². The van der Waals surface area contributed by atoms with E-state index in [-0.39, 0.29) is 12.1 Å². The molecule has 0 radical (unpaired) electrons. The summed E-state index contributed by atoms with van der Waals surface area (Å²) < 4.78 is 8.20. The van der Waals surface area contributed by atoms with Gasteiger partial charge in [-0.2, -0.15) is 0 Å². The molecule has 2 aliphatic heterocycles. The number of imidazole rings is 1. The van der Waals surface area contributed by atoms with Crippen LogP contribution in [-0.2, 0) is 11.3 Å². The number of morpholine rings is 1. The van der Waals surface area contributed by atoms with Gasteiger partial charge in [0.2, 0.25) is 0 Å². The van der Waals surface area contributed by atoms with Crippen LogP contribution in [0, 0.1) is 5.92 Å². The second kappa shape index (κ2) is 5.84. The molecule has 2 N–H and O–H groups in total. The van der Waals surface area contributed by atoms with Crippen molar-refractivity contribution in [1.29, 1.82) is 0 Å². The lowest BCUT2D eigenvalue weighted by Gasteiger charge is -2.35. The molecule has 0 spiro atoms. The van der Waals surface area contributed by atoms with Crippen LogP contribution in [-0.4, -0.2) is 46.3 Å². The molecule has 20 heavy (non-hydrogen) atoms. The van der Waals surface area contributed by atoms with E-state index in [4.69, 9.17) is 10.5 Å². The van der Waals surface area contributed by atoms with Crippen LogP contribution >= 0.6 is 0 Å². The molecule has 3 unspecified atom stereocenters. The van der Waals surface area contributed by atoms with Crippen LogP contribution in [0.2, 0.25) is 0 Å². The zero-order valence-electron chi connectivity index (χ0n) is 12.5. The zero-order chi connectivity index (χ0) is 14.1. The highest BCUT2D eigenvalue weighted by molar-refractivity contribution is 5.06. The van der Waals surface area contributed by atoms with Gasteiger partial charge in [-0.3, -0.25) is 4.90 Å². The molecular weight excluding hydrogens is 252 g/mol. The highest BCUT2D eigenvalue weighted by Gasteiger charge is 2.32. The summed E-state index contributed by atoms with van der Waals surface area (Å²) in [5, 5.41) is 0. The van der Waals surface area contributed by atoms with E-state index >= 15 is 0 Å². The fraction of sp³-hybridized carbons (Fsp3) is 0.800. The minimum atomic E-state index is 0.0422. The molecule has 3 rings (SSSR count).